The number of hydrogen-bond donors (Lipinski definition) is 2. The van der Waals surface area contributed by atoms with E-state index in [-0.39, 0.29) is 6.03 Å². The molecular weight excluding hydrogens is 392 g/mol. The van der Waals surface area contributed by atoms with Crippen LogP contribution < -0.4 is 11.1 Å². The molecule has 2 amide bonds. The van der Waals surface area contributed by atoms with Gasteiger partial charge >= 0.3 is 6.03 Å². The van der Waals surface area contributed by atoms with Crippen LogP contribution in [0, 0.1) is 0 Å². The predicted molar refractivity (Wildman–Crippen MR) is 114 cm³/mol. The molecule has 4 aromatic rings. The lowest BCUT2D eigenvalue weighted by molar-refractivity contribution is 0.213. The lowest BCUT2D eigenvalue weighted by Crippen LogP contribution is -2.38. The first kappa shape index (κ1) is 17.1. The lowest BCUT2D eigenvalue weighted by atomic mass is 10.1. The van der Waals surface area contributed by atoms with E-state index in [0.29, 0.717) is 13.1 Å². The highest BCUT2D eigenvalue weighted by molar-refractivity contribution is 7.19. The Bertz CT molecular complexity index is 1230. The van der Waals surface area contributed by atoms with Crippen LogP contribution in [0.4, 0.5) is 16.3 Å². The Morgan fingerprint density at radius 2 is 2.14 bits per heavy atom. The molecule has 9 heteroatoms. The Morgan fingerprint density at radius 3 is 2.96 bits per heavy atom. The topological polar surface area (TPSA) is 97.0 Å². The number of fused-ring (bicyclic) bond motifs is 2. The van der Waals surface area contributed by atoms with Crippen molar-refractivity contribution in [3.63, 3.8) is 0 Å². The van der Waals surface area contributed by atoms with Crippen molar-refractivity contribution in [3.05, 3.63) is 47.1 Å². The van der Waals surface area contributed by atoms with Gasteiger partial charge in [-0.2, -0.15) is 0 Å². The second kappa shape index (κ2) is 6.84. The predicted octanol–water partition coefficient (Wildman–Crippen LogP) is 4.21. The molecule has 4 heterocycles. The van der Waals surface area contributed by atoms with Crippen molar-refractivity contribution in [1.29, 1.82) is 0 Å². The minimum absolute atomic E-state index is 0.374. The smallest absolute Gasteiger partial charge is 0.315 e. The molecule has 0 bridgehead atoms. The molecule has 1 aromatic carbocycles. The maximum atomic E-state index is 11.3. The number of thiophene rings is 1. The van der Waals surface area contributed by atoms with Crippen LogP contribution in [0.2, 0.25) is 0 Å². The third kappa shape index (κ3) is 3.08. The number of hydrogen-bond acceptors (Lipinski definition) is 7. The quantitative estimate of drug-likeness (QED) is 0.529. The Hall–Kier alpha value is -3.04. The third-order valence-electron chi connectivity index (χ3n) is 4.76. The number of nitrogens with zero attached hydrogens (tertiary/aromatic N) is 4. The van der Waals surface area contributed by atoms with Crippen LogP contribution >= 0.6 is 22.7 Å². The fourth-order valence-corrected chi connectivity index (χ4v) is 5.00. The van der Waals surface area contributed by atoms with Gasteiger partial charge in [-0.25, -0.2) is 19.7 Å². The van der Waals surface area contributed by atoms with E-state index in [1.807, 2.05) is 17.6 Å². The number of thiazole rings is 1. The van der Waals surface area contributed by atoms with Gasteiger partial charge in [0.05, 0.1) is 21.1 Å². The fraction of sp³-hybridized carbons (Fsp3) is 0.158. The zero-order valence-electron chi connectivity index (χ0n) is 14.8. The molecule has 0 unspecified atom stereocenters. The summed E-state index contributed by atoms with van der Waals surface area (Å²) in [5.74, 6) is 0.775. The molecule has 0 spiro atoms. The van der Waals surface area contributed by atoms with E-state index < -0.39 is 0 Å². The zero-order valence-corrected chi connectivity index (χ0v) is 16.4. The minimum Gasteiger partial charge on any atom is -0.351 e. The van der Waals surface area contributed by atoms with Gasteiger partial charge in [-0.05, 0) is 36.3 Å². The van der Waals surface area contributed by atoms with Gasteiger partial charge in [0.1, 0.15) is 17.0 Å². The highest BCUT2D eigenvalue weighted by atomic mass is 32.1. The summed E-state index contributed by atoms with van der Waals surface area (Å²) in [7, 11) is 0. The number of amides is 2. The zero-order chi connectivity index (χ0) is 19.1. The maximum absolute atomic E-state index is 11.3. The summed E-state index contributed by atoms with van der Waals surface area (Å²) < 4.78 is 1.16. The van der Waals surface area contributed by atoms with Gasteiger partial charge in [0.2, 0.25) is 0 Å². The number of nitrogens with one attached hydrogen (secondary N) is 1. The molecule has 28 heavy (non-hydrogen) atoms. The van der Waals surface area contributed by atoms with E-state index >= 15 is 0 Å². The van der Waals surface area contributed by atoms with Crippen molar-refractivity contribution in [2.45, 2.75) is 6.42 Å². The number of carbonyl (C=O) groups excluding carboxylic acids is 1. The standard InChI is InChI=1S/C19H16N6OS2/c20-19(26)25-5-3-11(4-6-25)16-8-13-17(21-9-22-18(13)28-16)24-12-1-2-15-14(7-12)23-10-27-15/h1-3,7-10H,4-6H2,(H2,20,26)(H,21,22,24). The number of aromatic nitrogens is 3. The van der Waals surface area contributed by atoms with Crippen LogP contribution in [0.15, 0.2) is 42.2 Å². The molecule has 140 valence electrons. The van der Waals surface area contributed by atoms with Crippen molar-refractivity contribution in [3.8, 4) is 0 Å². The summed E-state index contributed by atoms with van der Waals surface area (Å²) >= 11 is 3.26. The largest absolute Gasteiger partial charge is 0.351 e. The lowest BCUT2D eigenvalue weighted by Gasteiger charge is -2.24. The third-order valence-corrected chi connectivity index (χ3v) is 6.69. The molecule has 1 aliphatic heterocycles. The Morgan fingerprint density at radius 1 is 1.21 bits per heavy atom. The van der Waals surface area contributed by atoms with E-state index in [1.54, 1.807) is 33.9 Å². The summed E-state index contributed by atoms with van der Waals surface area (Å²) in [6.07, 6.45) is 4.43. The van der Waals surface area contributed by atoms with Crippen LogP contribution in [0.5, 0.6) is 0 Å². The molecule has 3 N–H and O–H groups in total. The molecule has 5 rings (SSSR count). The summed E-state index contributed by atoms with van der Waals surface area (Å²) in [6.45, 7) is 1.18. The van der Waals surface area contributed by atoms with Crippen molar-refractivity contribution in [1.82, 2.24) is 19.9 Å². The van der Waals surface area contributed by atoms with E-state index in [2.05, 4.69) is 38.5 Å². The summed E-state index contributed by atoms with van der Waals surface area (Å²) in [5, 5.41) is 4.38. The summed E-state index contributed by atoms with van der Waals surface area (Å²) in [5.41, 5.74) is 10.3. The molecule has 0 fully saturated rings. The normalized spacial score (nSPS) is 14.4. The number of rotatable bonds is 3. The van der Waals surface area contributed by atoms with Gasteiger partial charge in [-0.1, -0.05) is 6.08 Å². The van der Waals surface area contributed by atoms with Gasteiger partial charge < -0.3 is 16.0 Å². The number of nitrogens with two attached hydrogens (primary N) is 1. The monoisotopic (exact) mass is 408 g/mol. The van der Waals surface area contributed by atoms with E-state index in [1.165, 1.54) is 5.57 Å². The molecule has 0 atom stereocenters. The van der Waals surface area contributed by atoms with Gasteiger partial charge in [0.15, 0.2) is 0 Å². The summed E-state index contributed by atoms with van der Waals surface area (Å²) in [6, 6.07) is 7.86. The van der Waals surface area contributed by atoms with Crippen molar-refractivity contribution in [2.24, 2.45) is 5.73 Å². The van der Waals surface area contributed by atoms with Crippen LogP contribution in [0.1, 0.15) is 11.3 Å². The van der Waals surface area contributed by atoms with Crippen LogP contribution in [-0.4, -0.2) is 39.0 Å². The van der Waals surface area contributed by atoms with Crippen LogP contribution in [-0.2, 0) is 0 Å². The molecule has 3 aromatic heterocycles. The average Bonchev–Trinajstić information content (AvgIpc) is 3.35. The first-order valence-corrected chi connectivity index (χ1v) is 10.5. The Kier molecular flexibility index (Phi) is 4.18. The van der Waals surface area contributed by atoms with Gasteiger partial charge in [0.25, 0.3) is 0 Å². The highest BCUT2D eigenvalue weighted by Gasteiger charge is 2.18. The number of benzene rings is 1. The maximum Gasteiger partial charge on any atom is 0.315 e. The van der Waals surface area contributed by atoms with Crippen LogP contribution in [0.3, 0.4) is 0 Å². The van der Waals surface area contributed by atoms with E-state index in [4.69, 9.17) is 5.73 Å². The molecular formula is C19H16N6OS2. The van der Waals surface area contributed by atoms with E-state index in [0.717, 1.165) is 43.2 Å². The second-order valence-corrected chi connectivity index (χ2v) is 8.39. The van der Waals surface area contributed by atoms with Crippen LogP contribution in [0.25, 0.3) is 26.0 Å². The van der Waals surface area contributed by atoms with Gasteiger partial charge in [0, 0.05) is 23.7 Å². The minimum atomic E-state index is -0.374. The molecule has 0 saturated heterocycles. The Balaban J connectivity index is 1.46. The summed E-state index contributed by atoms with van der Waals surface area (Å²) in [4.78, 5) is 28.3. The molecule has 0 saturated carbocycles. The number of anilines is 2. The molecule has 7 nitrogen and oxygen atoms in total. The van der Waals surface area contributed by atoms with Gasteiger partial charge in [-0.15, -0.1) is 22.7 Å². The van der Waals surface area contributed by atoms with E-state index in [9.17, 15) is 4.79 Å². The number of primary amides is 1. The van der Waals surface area contributed by atoms with Crippen molar-refractivity contribution in [2.75, 3.05) is 18.4 Å². The number of urea groups is 1. The first-order chi connectivity index (χ1) is 13.7. The first-order valence-electron chi connectivity index (χ1n) is 8.76. The second-order valence-electron chi connectivity index (χ2n) is 6.48. The van der Waals surface area contributed by atoms with Crippen molar-refractivity contribution >= 4 is 66.2 Å². The molecule has 1 aliphatic rings. The van der Waals surface area contributed by atoms with Gasteiger partial charge in [-0.3, -0.25) is 0 Å². The highest BCUT2D eigenvalue weighted by Crippen LogP contribution is 2.35. The SMILES string of the molecule is NC(=O)N1CC=C(c2cc3c(Nc4ccc5scnc5c4)ncnc3s2)CC1. The fourth-order valence-electron chi connectivity index (χ4n) is 3.28. The average molecular weight is 409 g/mol. The molecule has 0 radical (unpaired) electrons. The van der Waals surface area contributed by atoms with Crippen molar-refractivity contribution < 1.29 is 4.79 Å². The number of carbonyl (C=O) groups is 1. The molecule has 0 aliphatic carbocycles. The Labute approximate surface area is 168 Å².